The van der Waals surface area contributed by atoms with Gasteiger partial charge in [0.2, 0.25) is 0 Å². The number of anilines is 1. The lowest BCUT2D eigenvalue weighted by Gasteiger charge is -2.36. The molecule has 5 rings (SSSR count). The summed E-state index contributed by atoms with van der Waals surface area (Å²) in [5.41, 5.74) is 1.89. The predicted molar refractivity (Wildman–Crippen MR) is 151 cm³/mol. The first-order valence-electron chi connectivity index (χ1n) is 13.9. The number of para-hydroxylation sites is 2. The summed E-state index contributed by atoms with van der Waals surface area (Å²) < 4.78 is 18.5. The van der Waals surface area contributed by atoms with Crippen molar-refractivity contribution in [3.8, 4) is 17.2 Å². The second kappa shape index (κ2) is 12.1. The van der Waals surface area contributed by atoms with E-state index in [1.165, 1.54) is 12.1 Å². The Labute approximate surface area is 225 Å². The minimum atomic E-state index is 0.0447. The van der Waals surface area contributed by atoms with Gasteiger partial charge in [-0.3, -0.25) is 14.3 Å². The van der Waals surface area contributed by atoms with E-state index in [1.54, 1.807) is 27.4 Å². The monoisotopic (exact) mass is 520 g/mol. The van der Waals surface area contributed by atoms with Crippen LogP contribution in [0, 0.1) is 0 Å². The third-order valence-electron chi connectivity index (χ3n) is 8.09. The van der Waals surface area contributed by atoms with Crippen LogP contribution in [0.25, 0.3) is 10.9 Å². The molecule has 1 aliphatic heterocycles. The average Bonchev–Trinajstić information content (AvgIpc) is 2.97. The Hall–Kier alpha value is -3.26. The normalized spacial score (nSPS) is 17.1. The topological polar surface area (TPSA) is 69.1 Å². The van der Waals surface area contributed by atoms with Gasteiger partial charge in [0.25, 0.3) is 5.56 Å². The standard InChI is InChI=1S/C30H40N4O4/c1-36-26-13-8-7-12-25(26)33-18-16-32(17-19-33)15-9-14-29-31-24-21-28(38-3)27(37-2)20-23(24)30(35)34(29)22-10-5-4-6-11-22/h7-8,12-13,20-22H,4-6,9-11,14-19H2,1-3H3. The molecule has 0 amide bonds. The first-order valence-corrected chi connectivity index (χ1v) is 13.9. The molecular formula is C30H40N4O4. The second-order valence-corrected chi connectivity index (χ2v) is 10.3. The van der Waals surface area contributed by atoms with Gasteiger partial charge in [-0.05, 0) is 44.0 Å². The summed E-state index contributed by atoms with van der Waals surface area (Å²) in [6, 6.07) is 12.1. The summed E-state index contributed by atoms with van der Waals surface area (Å²) in [6.45, 7) is 4.96. The molecule has 8 nitrogen and oxygen atoms in total. The van der Waals surface area contributed by atoms with E-state index in [4.69, 9.17) is 19.2 Å². The van der Waals surface area contributed by atoms with Crippen molar-refractivity contribution in [3.05, 3.63) is 52.6 Å². The maximum absolute atomic E-state index is 13.8. The minimum absolute atomic E-state index is 0.0447. The van der Waals surface area contributed by atoms with E-state index in [1.807, 2.05) is 22.8 Å². The Morgan fingerprint density at radius 2 is 1.55 bits per heavy atom. The number of methoxy groups -OCH3 is 3. The first kappa shape index (κ1) is 26.4. The fourth-order valence-corrected chi connectivity index (χ4v) is 6.03. The summed E-state index contributed by atoms with van der Waals surface area (Å²) >= 11 is 0. The maximum Gasteiger partial charge on any atom is 0.261 e. The number of rotatable bonds is 9. The van der Waals surface area contributed by atoms with Gasteiger partial charge < -0.3 is 19.1 Å². The van der Waals surface area contributed by atoms with E-state index in [-0.39, 0.29) is 11.6 Å². The van der Waals surface area contributed by atoms with E-state index in [2.05, 4.69) is 21.9 Å². The highest BCUT2D eigenvalue weighted by atomic mass is 16.5. The SMILES string of the molecule is COc1cc2nc(CCCN3CCN(c4ccccc4OC)CC3)n(C3CCCCC3)c(=O)c2cc1OC. The lowest BCUT2D eigenvalue weighted by Crippen LogP contribution is -2.46. The summed E-state index contributed by atoms with van der Waals surface area (Å²) in [4.78, 5) is 23.8. The van der Waals surface area contributed by atoms with Gasteiger partial charge in [-0.15, -0.1) is 0 Å². The Kier molecular flexibility index (Phi) is 8.37. The highest BCUT2D eigenvalue weighted by Crippen LogP contribution is 2.33. The number of piperazine rings is 1. The van der Waals surface area contributed by atoms with Gasteiger partial charge in [0.15, 0.2) is 11.5 Å². The van der Waals surface area contributed by atoms with Gasteiger partial charge in [0.05, 0.1) is 37.9 Å². The van der Waals surface area contributed by atoms with Crippen molar-refractivity contribution < 1.29 is 14.2 Å². The van der Waals surface area contributed by atoms with E-state index >= 15 is 0 Å². The number of fused-ring (bicyclic) bond motifs is 1. The van der Waals surface area contributed by atoms with Crippen LogP contribution >= 0.6 is 0 Å². The fraction of sp³-hybridized carbons (Fsp3) is 0.533. The molecule has 0 N–H and O–H groups in total. The summed E-state index contributed by atoms with van der Waals surface area (Å²) in [5, 5.41) is 0.601. The van der Waals surface area contributed by atoms with Crippen LogP contribution in [0.3, 0.4) is 0 Å². The van der Waals surface area contributed by atoms with Crippen molar-refractivity contribution >= 4 is 16.6 Å². The number of aromatic nitrogens is 2. The van der Waals surface area contributed by atoms with Crippen molar-refractivity contribution in [1.82, 2.24) is 14.5 Å². The molecule has 0 radical (unpaired) electrons. The van der Waals surface area contributed by atoms with Crippen LogP contribution in [-0.4, -0.2) is 68.5 Å². The lowest BCUT2D eigenvalue weighted by molar-refractivity contribution is 0.252. The predicted octanol–water partition coefficient (Wildman–Crippen LogP) is 4.68. The van der Waals surface area contributed by atoms with Gasteiger partial charge in [0, 0.05) is 44.7 Å². The number of hydrogen-bond acceptors (Lipinski definition) is 7. The van der Waals surface area contributed by atoms with Gasteiger partial charge in [-0.2, -0.15) is 0 Å². The smallest absolute Gasteiger partial charge is 0.261 e. The molecule has 2 fully saturated rings. The van der Waals surface area contributed by atoms with Gasteiger partial charge in [0.1, 0.15) is 11.6 Å². The number of benzene rings is 2. The number of ether oxygens (including phenoxy) is 3. The lowest BCUT2D eigenvalue weighted by atomic mass is 9.95. The molecule has 0 spiro atoms. The highest BCUT2D eigenvalue weighted by Gasteiger charge is 2.24. The Bertz CT molecular complexity index is 1290. The van der Waals surface area contributed by atoms with Crippen molar-refractivity contribution in [2.24, 2.45) is 0 Å². The largest absolute Gasteiger partial charge is 0.495 e. The molecule has 0 bridgehead atoms. The summed E-state index contributed by atoms with van der Waals surface area (Å²) in [5.74, 6) is 2.99. The third kappa shape index (κ3) is 5.46. The molecule has 38 heavy (non-hydrogen) atoms. The zero-order valence-corrected chi connectivity index (χ0v) is 22.9. The molecular weight excluding hydrogens is 480 g/mol. The number of hydrogen-bond donors (Lipinski definition) is 0. The molecule has 3 aromatic rings. The van der Waals surface area contributed by atoms with Crippen molar-refractivity contribution in [2.75, 3.05) is 59.0 Å². The van der Waals surface area contributed by atoms with E-state index in [9.17, 15) is 4.79 Å². The zero-order chi connectivity index (χ0) is 26.5. The van der Waals surface area contributed by atoms with Crippen LogP contribution < -0.4 is 24.7 Å². The van der Waals surface area contributed by atoms with E-state index in [0.717, 1.165) is 82.8 Å². The van der Waals surface area contributed by atoms with Crippen LogP contribution in [-0.2, 0) is 6.42 Å². The van der Waals surface area contributed by atoms with Gasteiger partial charge >= 0.3 is 0 Å². The Morgan fingerprint density at radius 1 is 0.868 bits per heavy atom. The molecule has 2 aromatic carbocycles. The maximum atomic E-state index is 13.8. The molecule has 0 unspecified atom stereocenters. The summed E-state index contributed by atoms with van der Waals surface area (Å²) in [6.07, 6.45) is 7.40. The van der Waals surface area contributed by atoms with Gasteiger partial charge in [-0.25, -0.2) is 4.98 Å². The second-order valence-electron chi connectivity index (χ2n) is 10.3. The average molecular weight is 521 g/mol. The van der Waals surface area contributed by atoms with Crippen molar-refractivity contribution in [3.63, 3.8) is 0 Å². The molecule has 0 atom stereocenters. The summed E-state index contributed by atoms with van der Waals surface area (Å²) in [7, 11) is 4.94. The zero-order valence-electron chi connectivity index (χ0n) is 22.9. The molecule has 2 aliphatic rings. The molecule has 1 saturated carbocycles. The number of nitrogens with zero attached hydrogens (tertiary/aromatic N) is 4. The van der Waals surface area contributed by atoms with Gasteiger partial charge in [-0.1, -0.05) is 31.4 Å². The van der Waals surface area contributed by atoms with Crippen LogP contribution in [0.5, 0.6) is 17.2 Å². The Balaban J connectivity index is 1.31. The quantitative estimate of drug-likeness (QED) is 0.406. The van der Waals surface area contributed by atoms with Crippen LogP contribution in [0.1, 0.15) is 50.4 Å². The highest BCUT2D eigenvalue weighted by molar-refractivity contribution is 5.82. The first-order chi connectivity index (χ1) is 18.6. The van der Waals surface area contributed by atoms with Crippen molar-refractivity contribution in [2.45, 2.75) is 51.0 Å². The molecule has 204 valence electrons. The molecule has 8 heteroatoms. The Morgan fingerprint density at radius 3 is 2.26 bits per heavy atom. The van der Waals surface area contributed by atoms with E-state index < -0.39 is 0 Å². The van der Waals surface area contributed by atoms with Crippen LogP contribution in [0.2, 0.25) is 0 Å². The van der Waals surface area contributed by atoms with Crippen LogP contribution in [0.4, 0.5) is 5.69 Å². The molecule has 1 saturated heterocycles. The van der Waals surface area contributed by atoms with Crippen molar-refractivity contribution in [1.29, 1.82) is 0 Å². The molecule has 2 heterocycles. The van der Waals surface area contributed by atoms with E-state index in [0.29, 0.717) is 22.4 Å². The minimum Gasteiger partial charge on any atom is -0.495 e. The molecule has 1 aliphatic carbocycles. The fourth-order valence-electron chi connectivity index (χ4n) is 6.03. The molecule has 1 aromatic heterocycles. The number of aryl methyl sites for hydroxylation is 1. The van der Waals surface area contributed by atoms with Crippen LogP contribution in [0.15, 0.2) is 41.2 Å². The third-order valence-corrected chi connectivity index (χ3v) is 8.09.